The van der Waals surface area contributed by atoms with Crippen LogP contribution in [-0.2, 0) is 22.5 Å². The molecule has 2 atom stereocenters. The highest BCUT2D eigenvalue weighted by Gasteiger charge is 2.28. The lowest BCUT2D eigenvalue weighted by Gasteiger charge is -2.34. The fraction of sp³-hybridized carbons (Fsp3) is 0.136. The normalized spacial score (nSPS) is 13.9. The molecule has 7 nitrogen and oxygen atoms in total. The van der Waals surface area contributed by atoms with Gasteiger partial charge in [0.15, 0.2) is 0 Å². The molecule has 0 spiro atoms. The van der Waals surface area contributed by atoms with Gasteiger partial charge in [0.05, 0.1) is 15.5 Å². The molecule has 0 fully saturated rings. The first-order valence-corrected chi connectivity index (χ1v) is 11.4. The van der Waals surface area contributed by atoms with Crippen LogP contribution in [0.2, 0.25) is 0 Å². The second-order valence-corrected chi connectivity index (χ2v) is 8.75. The fourth-order valence-corrected chi connectivity index (χ4v) is 5.08. The molecule has 1 aliphatic heterocycles. The highest BCUT2D eigenvalue weighted by Crippen LogP contribution is 2.48. The number of aryl methyl sites for hydroxylation is 1. The molecule has 0 saturated carbocycles. The van der Waals surface area contributed by atoms with Gasteiger partial charge in [-0.25, -0.2) is 5.48 Å². The van der Waals surface area contributed by atoms with Gasteiger partial charge in [-0.3, -0.25) is 18.5 Å². The van der Waals surface area contributed by atoms with Gasteiger partial charge in [-0.15, -0.1) is 0 Å². The largest absolute Gasteiger partial charge is 0.755 e. The van der Waals surface area contributed by atoms with Gasteiger partial charge in [0.1, 0.15) is 17.5 Å². The summed E-state index contributed by atoms with van der Waals surface area (Å²) in [6, 6.07) is 20.8. The van der Waals surface area contributed by atoms with E-state index >= 15 is 0 Å². The molecule has 1 aliphatic rings. The van der Waals surface area contributed by atoms with Crippen LogP contribution in [0.15, 0.2) is 82.6 Å². The number of nitrogens with zero attached hydrogens (tertiary/aromatic N) is 1. The van der Waals surface area contributed by atoms with E-state index in [9.17, 15) is 18.8 Å². The Labute approximate surface area is 186 Å². The number of hydroxylamine groups is 1. The number of ether oxygens (including phenoxy) is 1. The average Bonchev–Trinajstić information content (AvgIpc) is 2.80. The predicted octanol–water partition coefficient (Wildman–Crippen LogP) is 4.05. The number of rotatable bonds is 7. The third-order valence-corrected chi connectivity index (χ3v) is 6.76. The van der Waals surface area contributed by atoms with E-state index in [0.29, 0.717) is 17.9 Å². The number of amides is 1. The van der Waals surface area contributed by atoms with E-state index in [-0.39, 0.29) is 6.42 Å². The molecule has 3 aromatic carbocycles. The first-order chi connectivity index (χ1) is 15.1. The van der Waals surface area contributed by atoms with Gasteiger partial charge < -0.3 is 9.29 Å². The number of hydrogen-bond donors (Lipinski definition) is 2. The van der Waals surface area contributed by atoms with Crippen molar-refractivity contribution in [2.24, 2.45) is 0 Å². The highest BCUT2D eigenvalue weighted by molar-refractivity contribution is 7.99. The SMILES string of the molecule is O=C(NO)C(CCc1ccccc1)N(c1ccc2c(c1)Sc1ccccc1O2)S(=O)[O-]. The van der Waals surface area contributed by atoms with Gasteiger partial charge >= 0.3 is 0 Å². The molecule has 0 aromatic heterocycles. The van der Waals surface area contributed by atoms with E-state index in [1.54, 1.807) is 23.7 Å². The maximum atomic E-state index is 12.4. The smallest absolute Gasteiger partial charge is 0.267 e. The van der Waals surface area contributed by atoms with Crippen molar-refractivity contribution in [2.75, 3.05) is 4.31 Å². The van der Waals surface area contributed by atoms with E-state index in [0.717, 1.165) is 25.4 Å². The number of carbonyl (C=O) groups excluding carboxylic acids is 1. The van der Waals surface area contributed by atoms with Crippen molar-refractivity contribution in [3.8, 4) is 11.5 Å². The summed E-state index contributed by atoms with van der Waals surface area (Å²) in [7, 11) is 0. The van der Waals surface area contributed by atoms with Gasteiger partial charge in [0, 0.05) is 11.3 Å². The Bertz CT molecular complexity index is 1110. The van der Waals surface area contributed by atoms with Crippen LogP contribution in [0.5, 0.6) is 11.5 Å². The summed E-state index contributed by atoms with van der Waals surface area (Å²) in [6.07, 6.45) is 0.650. The Morgan fingerprint density at radius 1 is 1.06 bits per heavy atom. The van der Waals surface area contributed by atoms with E-state index in [1.807, 2.05) is 54.6 Å². The van der Waals surface area contributed by atoms with Crippen molar-refractivity contribution in [3.63, 3.8) is 0 Å². The number of hydrogen-bond acceptors (Lipinski definition) is 6. The van der Waals surface area contributed by atoms with Crippen LogP contribution in [0.3, 0.4) is 0 Å². The molecule has 31 heavy (non-hydrogen) atoms. The quantitative estimate of drug-likeness (QED) is 0.248. The number of fused-ring (bicyclic) bond motifs is 2. The molecule has 2 unspecified atom stereocenters. The lowest BCUT2D eigenvalue weighted by Crippen LogP contribution is -2.47. The molecule has 0 saturated heterocycles. The minimum atomic E-state index is -2.75. The molecule has 0 aliphatic carbocycles. The second-order valence-electron chi connectivity index (χ2n) is 6.84. The highest BCUT2D eigenvalue weighted by atomic mass is 32.2. The Kier molecular flexibility index (Phi) is 6.57. The molecule has 4 rings (SSSR count). The van der Waals surface area contributed by atoms with Gasteiger partial charge in [0.25, 0.3) is 5.91 Å². The van der Waals surface area contributed by atoms with Crippen LogP contribution in [0.4, 0.5) is 5.69 Å². The number of nitrogens with one attached hydrogen (secondary N) is 1. The van der Waals surface area contributed by atoms with Crippen molar-refractivity contribution in [1.29, 1.82) is 0 Å². The molecule has 160 valence electrons. The number of para-hydroxylation sites is 1. The summed E-state index contributed by atoms with van der Waals surface area (Å²) >= 11 is -1.29. The monoisotopic (exact) mass is 455 g/mol. The minimum absolute atomic E-state index is 0.188. The Hall–Kier alpha value is -2.85. The fourth-order valence-electron chi connectivity index (χ4n) is 3.40. The van der Waals surface area contributed by atoms with Crippen LogP contribution >= 0.6 is 11.8 Å². The van der Waals surface area contributed by atoms with Crippen LogP contribution in [0, 0.1) is 0 Å². The maximum Gasteiger partial charge on any atom is 0.267 e. The average molecular weight is 456 g/mol. The summed E-state index contributed by atoms with van der Waals surface area (Å²) in [5.41, 5.74) is 2.87. The van der Waals surface area contributed by atoms with Crippen molar-refractivity contribution >= 4 is 34.6 Å². The zero-order valence-corrected chi connectivity index (χ0v) is 17.9. The molecule has 1 heterocycles. The lowest BCUT2D eigenvalue weighted by molar-refractivity contribution is -0.130. The van der Waals surface area contributed by atoms with E-state index in [1.165, 1.54) is 11.8 Å². The van der Waals surface area contributed by atoms with Crippen molar-refractivity contribution in [3.05, 3.63) is 78.4 Å². The van der Waals surface area contributed by atoms with Crippen LogP contribution in [-0.4, -0.2) is 25.9 Å². The van der Waals surface area contributed by atoms with Gasteiger partial charge in [-0.2, -0.15) is 0 Å². The van der Waals surface area contributed by atoms with Crippen LogP contribution in [0.1, 0.15) is 12.0 Å². The molecular formula is C22H19N2O5S2-. The number of carbonyl (C=O) groups is 1. The summed E-state index contributed by atoms with van der Waals surface area (Å²) in [6.45, 7) is 0. The molecular weight excluding hydrogens is 436 g/mol. The van der Waals surface area contributed by atoms with Crippen molar-refractivity contribution in [1.82, 2.24) is 5.48 Å². The third-order valence-electron chi connectivity index (χ3n) is 4.88. The van der Waals surface area contributed by atoms with Gasteiger partial charge in [-0.1, -0.05) is 54.2 Å². The van der Waals surface area contributed by atoms with Crippen molar-refractivity contribution < 1.29 is 23.5 Å². The van der Waals surface area contributed by atoms with E-state index < -0.39 is 23.2 Å². The van der Waals surface area contributed by atoms with Gasteiger partial charge in [-0.05, 0) is 48.7 Å². The van der Waals surface area contributed by atoms with E-state index in [2.05, 4.69) is 0 Å². The topological polar surface area (TPSA) is 102 Å². The molecule has 0 radical (unpaired) electrons. The van der Waals surface area contributed by atoms with Crippen LogP contribution < -0.4 is 14.5 Å². The first-order valence-electron chi connectivity index (χ1n) is 9.52. The first kappa shape index (κ1) is 21.4. The summed E-state index contributed by atoms with van der Waals surface area (Å²) < 4.78 is 31.2. The molecule has 2 N–H and O–H groups in total. The minimum Gasteiger partial charge on any atom is -0.755 e. The summed E-state index contributed by atoms with van der Waals surface area (Å²) in [5.74, 6) is 0.543. The predicted molar refractivity (Wildman–Crippen MR) is 117 cm³/mol. The summed E-state index contributed by atoms with van der Waals surface area (Å²) in [4.78, 5) is 14.0. The summed E-state index contributed by atoms with van der Waals surface area (Å²) in [5, 5.41) is 9.23. The number of anilines is 1. The van der Waals surface area contributed by atoms with Crippen molar-refractivity contribution in [2.45, 2.75) is 28.7 Å². The van der Waals surface area contributed by atoms with E-state index in [4.69, 9.17) is 4.74 Å². The maximum absolute atomic E-state index is 12.4. The Balaban J connectivity index is 1.63. The Morgan fingerprint density at radius 3 is 2.52 bits per heavy atom. The standard InChI is InChI=1S/C22H20N2O5S2/c25-22(23-26)17(12-10-15-6-2-1-3-7-15)24(31(27)28)16-11-13-19-21(14-16)30-20-9-5-4-8-18(20)29-19/h1-9,11,13-14,17,26H,10,12H2,(H,23,25)(H,27,28)/p-1. The molecule has 0 bridgehead atoms. The zero-order valence-electron chi connectivity index (χ0n) is 16.3. The second kappa shape index (κ2) is 9.52. The number of benzene rings is 3. The van der Waals surface area contributed by atoms with Crippen LogP contribution in [0.25, 0.3) is 0 Å². The zero-order chi connectivity index (χ0) is 21.8. The molecule has 9 heteroatoms. The lowest BCUT2D eigenvalue weighted by atomic mass is 10.0. The Morgan fingerprint density at radius 2 is 1.77 bits per heavy atom. The van der Waals surface area contributed by atoms with Gasteiger partial charge in [0.2, 0.25) is 0 Å². The third kappa shape index (κ3) is 4.75. The molecule has 3 aromatic rings. The molecule has 1 amide bonds.